The molecule has 0 unspecified atom stereocenters. The Hall–Kier alpha value is -2.83. The molecule has 0 atom stereocenters. The highest BCUT2D eigenvalue weighted by molar-refractivity contribution is 7.92. The van der Waals surface area contributed by atoms with Gasteiger partial charge in [0.2, 0.25) is 0 Å². The fourth-order valence-electron chi connectivity index (χ4n) is 2.92. The van der Waals surface area contributed by atoms with Crippen LogP contribution in [0.1, 0.15) is 5.56 Å². The molecule has 0 aliphatic carbocycles. The molecule has 136 valence electrons. The summed E-state index contributed by atoms with van der Waals surface area (Å²) in [4.78, 5) is 4.77. The van der Waals surface area contributed by atoms with Gasteiger partial charge in [-0.15, -0.1) is 0 Å². The highest BCUT2D eigenvalue weighted by atomic mass is 35.5. The van der Waals surface area contributed by atoms with E-state index in [4.69, 9.17) is 11.6 Å². The number of rotatable bonds is 4. The van der Waals surface area contributed by atoms with E-state index in [9.17, 15) is 8.42 Å². The fourth-order valence-corrected chi connectivity index (χ4v) is 4.30. The quantitative estimate of drug-likeness (QED) is 0.539. The molecule has 0 saturated heterocycles. The van der Waals surface area contributed by atoms with Crippen molar-refractivity contribution >= 4 is 33.0 Å². The van der Waals surface area contributed by atoms with Gasteiger partial charge < -0.3 is 4.40 Å². The van der Waals surface area contributed by atoms with E-state index < -0.39 is 10.0 Å². The molecular weight excluding hydrogens is 382 g/mol. The summed E-state index contributed by atoms with van der Waals surface area (Å²) in [6.45, 7) is 1.99. The van der Waals surface area contributed by atoms with Crippen LogP contribution in [0.4, 0.5) is 5.69 Å². The molecule has 4 aromatic rings. The van der Waals surface area contributed by atoms with E-state index in [0.717, 1.165) is 11.2 Å². The average molecular weight is 398 g/mol. The van der Waals surface area contributed by atoms with Crippen molar-refractivity contribution in [3.63, 3.8) is 0 Å². The van der Waals surface area contributed by atoms with Crippen molar-refractivity contribution in [2.24, 2.45) is 0 Å². The molecule has 0 aliphatic heterocycles. The van der Waals surface area contributed by atoms with Crippen LogP contribution in [0.3, 0.4) is 0 Å². The number of aromatic nitrogens is 2. The van der Waals surface area contributed by atoms with Gasteiger partial charge in [0.1, 0.15) is 5.65 Å². The molecule has 2 aromatic heterocycles. The van der Waals surface area contributed by atoms with Crippen LogP contribution in [-0.2, 0) is 10.0 Å². The highest BCUT2D eigenvalue weighted by Gasteiger charge is 2.18. The third-order valence-electron chi connectivity index (χ3n) is 4.23. The molecule has 0 radical (unpaired) electrons. The summed E-state index contributed by atoms with van der Waals surface area (Å²) in [5.74, 6) is 0. The molecular formula is C20H16ClN3O2S. The number of fused-ring (bicyclic) bond motifs is 1. The predicted molar refractivity (Wildman–Crippen MR) is 108 cm³/mol. The Labute approximate surface area is 162 Å². The summed E-state index contributed by atoms with van der Waals surface area (Å²) in [6.07, 6.45) is 3.80. The molecule has 2 heterocycles. The van der Waals surface area contributed by atoms with Crippen molar-refractivity contribution in [1.82, 2.24) is 9.38 Å². The van der Waals surface area contributed by atoms with E-state index in [2.05, 4.69) is 9.71 Å². The molecule has 0 spiro atoms. The summed E-state index contributed by atoms with van der Waals surface area (Å²) < 4.78 is 30.1. The van der Waals surface area contributed by atoms with Gasteiger partial charge in [0, 0.05) is 23.0 Å². The minimum Gasteiger partial charge on any atom is -0.306 e. The molecule has 27 heavy (non-hydrogen) atoms. The smallest absolute Gasteiger partial charge is 0.261 e. The largest absolute Gasteiger partial charge is 0.306 e. The lowest BCUT2D eigenvalue weighted by Crippen LogP contribution is -2.13. The summed E-state index contributed by atoms with van der Waals surface area (Å²) >= 11 is 5.94. The number of nitrogens with one attached hydrogen (secondary N) is 1. The summed E-state index contributed by atoms with van der Waals surface area (Å²) in [7, 11) is -3.77. The maximum absolute atomic E-state index is 12.8. The van der Waals surface area contributed by atoms with Gasteiger partial charge in [-0.05, 0) is 42.8 Å². The lowest BCUT2D eigenvalue weighted by atomic mass is 10.1. The normalized spacial score (nSPS) is 11.6. The molecule has 1 N–H and O–H groups in total. The SMILES string of the molecule is Cc1cccn2cc(-c3ccccc3NS(=O)(=O)c3cccc(Cl)c3)nc12. The first kappa shape index (κ1) is 17.6. The van der Waals surface area contributed by atoms with Gasteiger partial charge in [-0.3, -0.25) is 4.72 Å². The second kappa shape index (κ2) is 6.72. The Morgan fingerprint density at radius 1 is 1.04 bits per heavy atom. The van der Waals surface area contributed by atoms with Crippen LogP contribution in [0, 0.1) is 6.92 Å². The Balaban J connectivity index is 1.78. The summed E-state index contributed by atoms with van der Waals surface area (Å²) in [5, 5.41) is 0.363. The maximum atomic E-state index is 12.8. The minimum absolute atomic E-state index is 0.107. The van der Waals surface area contributed by atoms with Gasteiger partial charge >= 0.3 is 0 Å². The lowest BCUT2D eigenvalue weighted by Gasteiger charge is -2.11. The minimum atomic E-state index is -3.77. The van der Waals surface area contributed by atoms with Crippen molar-refractivity contribution in [3.8, 4) is 11.3 Å². The lowest BCUT2D eigenvalue weighted by molar-refractivity contribution is 0.601. The second-order valence-corrected chi connectivity index (χ2v) is 8.28. The monoisotopic (exact) mass is 397 g/mol. The Kier molecular flexibility index (Phi) is 4.37. The third kappa shape index (κ3) is 3.41. The number of benzene rings is 2. The number of nitrogens with zero attached hydrogens (tertiary/aromatic N) is 2. The zero-order chi connectivity index (χ0) is 19.0. The van der Waals surface area contributed by atoms with Crippen LogP contribution < -0.4 is 4.72 Å². The summed E-state index contributed by atoms with van der Waals surface area (Å²) in [5.41, 5.74) is 3.72. The van der Waals surface area contributed by atoms with Crippen molar-refractivity contribution in [1.29, 1.82) is 0 Å². The first-order valence-electron chi connectivity index (χ1n) is 8.26. The number of halogens is 1. The van der Waals surface area contributed by atoms with E-state index in [1.165, 1.54) is 12.1 Å². The van der Waals surface area contributed by atoms with Crippen LogP contribution in [0.2, 0.25) is 5.02 Å². The van der Waals surface area contributed by atoms with Crippen molar-refractivity contribution in [2.45, 2.75) is 11.8 Å². The van der Waals surface area contributed by atoms with Crippen LogP contribution in [0.15, 0.2) is 78.0 Å². The second-order valence-electron chi connectivity index (χ2n) is 6.16. The molecule has 0 saturated carbocycles. The van der Waals surface area contributed by atoms with Crippen LogP contribution in [-0.4, -0.2) is 17.8 Å². The molecule has 0 fully saturated rings. The number of pyridine rings is 1. The van der Waals surface area contributed by atoms with Crippen LogP contribution >= 0.6 is 11.6 Å². The van der Waals surface area contributed by atoms with E-state index in [0.29, 0.717) is 22.0 Å². The van der Waals surface area contributed by atoms with Gasteiger partial charge in [-0.2, -0.15) is 0 Å². The Morgan fingerprint density at radius 3 is 2.63 bits per heavy atom. The Morgan fingerprint density at radius 2 is 1.85 bits per heavy atom. The van der Waals surface area contributed by atoms with Gasteiger partial charge in [0.05, 0.1) is 16.3 Å². The van der Waals surface area contributed by atoms with Crippen LogP contribution in [0.5, 0.6) is 0 Å². The van der Waals surface area contributed by atoms with E-state index in [1.807, 2.05) is 48.0 Å². The number of anilines is 1. The van der Waals surface area contributed by atoms with E-state index in [1.54, 1.807) is 24.3 Å². The van der Waals surface area contributed by atoms with Gasteiger partial charge in [0.15, 0.2) is 0 Å². The molecule has 0 bridgehead atoms. The Bertz CT molecular complexity index is 1250. The molecule has 0 aliphatic rings. The van der Waals surface area contributed by atoms with Gasteiger partial charge in [0.25, 0.3) is 10.0 Å². The predicted octanol–water partition coefficient (Wildman–Crippen LogP) is 4.76. The van der Waals surface area contributed by atoms with Crippen molar-refractivity contribution in [3.05, 3.63) is 83.6 Å². The number of imidazole rings is 1. The zero-order valence-electron chi connectivity index (χ0n) is 14.4. The van der Waals surface area contributed by atoms with E-state index >= 15 is 0 Å². The first-order chi connectivity index (χ1) is 12.9. The van der Waals surface area contributed by atoms with Gasteiger partial charge in [-0.25, -0.2) is 13.4 Å². The molecule has 7 heteroatoms. The fraction of sp³-hybridized carbons (Fsp3) is 0.0500. The molecule has 2 aromatic carbocycles. The standard InChI is InChI=1S/C20H16ClN3O2S/c1-14-6-5-11-24-13-19(22-20(14)24)17-9-2-3-10-18(17)23-27(25,26)16-8-4-7-15(21)12-16/h2-13,23H,1H3. The number of para-hydroxylation sites is 1. The molecule has 0 amide bonds. The van der Waals surface area contributed by atoms with Crippen LogP contribution in [0.25, 0.3) is 16.9 Å². The van der Waals surface area contributed by atoms with Crippen molar-refractivity contribution < 1.29 is 8.42 Å². The number of aryl methyl sites for hydroxylation is 1. The van der Waals surface area contributed by atoms with Gasteiger partial charge in [-0.1, -0.05) is 41.9 Å². The number of hydrogen-bond donors (Lipinski definition) is 1. The van der Waals surface area contributed by atoms with E-state index in [-0.39, 0.29) is 4.90 Å². The molecule has 5 nitrogen and oxygen atoms in total. The third-order valence-corrected chi connectivity index (χ3v) is 5.83. The highest BCUT2D eigenvalue weighted by Crippen LogP contribution is 2.30. The first-order valence-corrected chi connectivity index (χ1v) is 10.1. The summed E-state index contributed by atoms with van der Waals surface area (Å²) in [6, 6.07) is 17.3. The van der Waals surface area contributed by atoms with Crippen molar-refractivity contribution in [2.75, 3.05) is 4.72 Å². The average Bonchev–Trinajstić information content (AvgIpc) is 3.07. The maximum Gasteiger partial charge on any atom is 0.261 e. The zero-order valence-corrected chi connectivity index (χ0v) is 16.0. The number of sulfonamides is 1. The topological polar surface area (TPSA) is 63.5 Å². The number of hydrogen-bond acceptors (Lipinski definition) is 3. The molecule has 4 rings (SSSR count).